The van der Waals surface area contributed by atoms with Gasteiger partial charge in [0.2, 0.25) is 5.95 Å². The van der Waals surface area contributed by atoms with Crippen molar-refractivity contribution in [2.24, 2.45) is 5.73 Å². The van der Waals surface area contributed by atoms with Crippen molar-refractivity contribution in [2.75, 3.05) is 18.0 Å². The van der Waals surface area contributed by atoms with E-state index in [1.165, 1.54) is 0 Å². The number of imidazole rings is 1. The van der Waals surface area contributed by atoms with E-state index in [0.29, 0.717) is 49.0 Å². The predicted octanol–water partition coefficient (Wildman–Crippen LogP) is 3.06. The van der Waals surface area contributed by atoms with Crippen molar-refractivity contribution in [1.82, 2.24) is 19.5 Å². The van der Waals surface area contributed by atoms with Crippen LogP contribution in [0.4, 0.5) is 16.0 Å². The fraction of sp³-hybridized carbons (Fsp3) is 0.333. The molecular weight excluding hydrogens is 413 g/mol. The van der Waals surface area contributed by atoms with Crippen LogP contribution in [0.25, 0.3) is 15.9 Å². The second-order valence-corrected chi connectivity index (χ2v) is 7.43. The molecule has 3 heterocycles. The zero-order valence-corrected chi connectivity index (χ0v) is 16.0. The molecule has 0 bridgehead atoms. The highest BCUT2D eigenvalue weighted by Gasteiger charge is 2.29. The monoisotopic (exact) mass is 429 g/mol. The fourth-order valence-corrected chi connectivity index (χ4v) is 3.47. The summed E-state index contributed by atoms with van der Waals surface area (Å²) in [6, 6.07) is 4.85. The standard InChI is InChI=1S/C18H17BrFN7/c1-22-12-2-3-16-15(6-12)25-18(26-5-4-13(20)14(21)9-26)27(16)10-17-23-7-11(19)8-24-17/h2-3,6-8,13-14H,4-5,9-10,21H2/t13-,14-/m1/s1. The van der Waals surface area contributed by atoms with Crippen molar-refractivity contribution < 1.29 is 4.39 Å². The Hall–Kier alpha value is -2.57. The summed E-state index contributed by atoms with van der Waals surface area (Å²) in [5.74, 6) is 1.33. The average molecular weight is 430 g/mol. The third kappa shape index (κ3) is 3.50. The Balaban J connectivity index is 1.78. The number of nitrogens with two attached hydrogens (primary N) is 1. The molecule has 0 amide bonds. The van der Waals surface area contributed by atoms with Crippen LogP contribution in [0.1, 0.15) is 12.2 Å². The summed E-state index contributed by atoms with van der Waals surface area (Å²) in [6.45, 7) is 8.57. The number of fused-ring (bicyclic) bond motifs is 1. The van der Waals surface area contributed by atoms with Gasteiger partial charge >= 0.3 is 0 Å². The van der Waals surface area contributed by atoms with Gasteiger partial charge in [0.05, 0.1) is 34.7 Å². The van der Waals surface area contributed by atoms with Crippen LogP contribution in [0.3, 0.4) is 0 Å². The van der Waals surface area contributed by atoms with Crippen LogP contribution < -0.4 is 10.6 Å². The smallest absolute Gasteiger partial charge is 0.206 e. The second-order valence-electron chi connectivity index (χ2n) is 6.51. The summed E-state index contributed by atoms with van der Waals surface area (Å²) in [5, 5.41) is 0. The summed E-state index contributed by atoms with van der Waals surface area (Å²) in [4.78, 5) is 18.9. The lowest BCUT2D eigenvalue weighted by atomic mass is 10.1. The van der Waals surface area contributed by atoms with Crippen molar-refractivity contribution in [3.05, 3.63) is 52.3 Å². The van der Waals surface area contributed by atoms with E-state index < -0.39 is 12.2 Å². The van der Waals surface area contributed by atoms with Crippen LogP contribution in [0, 0.1) is 6.57 Å². The number of rotatable bonds is 3. The van der Waals surface area contributed by atoms with E-state index in [-0.39, 0.29) is 0 Å². The highest BCUT2D eigenvalue weighted by molar-refractivity contribution is 9.10. The number of halogens is 2. The molecule has 0 saturated carbocycles. The lowest BCUT2D eigenvalue weighted by molar-refractivity contribution is 0.243. The molecule has 0 aliphatic carbocycles. The van der Waals surface area contributed by atoms with E-state index in [1.54, 1.807) is 24.5 Å². The first kappa shape index (κ1) is 17.8. The van der Waals surface area contributed by atoms with E-state index >= 15 is 0 Å². The van der Waals surface area contributed by atoms with Gasteiger partial charge in [0.1, 0.15) is 12.0 Å². The van der Waals surface area contributed by atoms with Gasteiger partial charge < -0.3 is 15.2 Å². The molecule has 7 nitrogen and oxygen atoms in total. The third-order valence-electron chi connectivity index (χ3n) is 4.67. The van der Waals surface area contributed by atoms with Gasteiger partial charge in [0, 0.05) is 25.5 Å². The summed E-state index contributed by atoms with van der Waals surface area (Å²) in [6.07, 6.45) is 2.76. The van der Waals surface area contributed by atoms with Gasteiger partial charge in [-0.3, -0.25) is 0 Å². The number of benzene rings is 1. The first-order chi connectivity index (χ1) is 13.0. The number of hydrogen-bond donors (Lipinski definition) is 1. The van der Waals surface area contributed by atoms with Crippen molar-refractivity contribution in [3.63, 3.8) is 0 Å². The number of aromatic nitrogens is 4. The molecule has 3 aromatic rings. The zero-order valence-electron chi connectivity index (χ0n) is 14.4. The van der Waals surface area contributed by atoms with Gasteiger partial charge in [0.25, 0.3) is 0 Å². The maximum atomic E-state index is 13.8. The number of hydrogen-bond acceptors (Lipinski definition) is 5. The minimum Gasteiger partial charge on any atom is -0.340 e. The molecule has 0 unspecified atom stereocenters. The quantitative estimate of drug-likeness (QED) is 0.647. The summed E-state index contributed by atoms with van der Waals surface area (Å²) in [7, 11) is 0. The van der Waals surface area contributed by atoms with E-state index in [4.69, 9.17) is 17.3 Å². The van der Waals surface area contributed by atoms with Gasteiger partial charge in [-0.25, -0.2) is 24.2 Å². The van der Waals surface area contributed by atoms with Gasteiger partial charge in [-0.05, 0) is 34.5 Å². The Morgan fingerprint density at radius 1 is 1.33 bits per heavy atom. The van der Waals surface area contributed by atoms with E-state index in [1.807, 2.05) is 15.5 Å². The SMILES string of the molecule is [C-]#[N+]c1ccc2c(c1)nc(N1CC[C@@H](F)[C@H](N)C1)n2Cc1ncc(Br)cn1. The molecule has 2 atom stereocenters. The Morgan fingerprint density at radius 3 is 2.81 bits per heavy atom. The molecule has 1 fully saturated rings. The van der Waals surface area contributed by atoms with Gasteiger partial charge in [-0.1, -0.05) is 6.07 Å². The summed E-state index contributed by atoms with van der Waals surface area (Å²) in [5.41, 5.74) is 8.06. The molecule has 2 aromatic heterocycles. The maximum absolute atomic E-state index is 13.8. The summed E-state index contributed by atoms with van der Waals surface area (Å²) < 4.78 is 16.6. The maximum Gasteiger partial charge on any atom is 0.206 e. The molecule has 2 N–H and O–H groups in total. The Morgan fingerprint density at radius 2 is 2.11 bits per heavy atom. The van der Waals surface area contributed by atoms with Gasteiger partial charge in [-0.2, -0.15) is 0 Å². The van der Waals surface area contributed by atoms with Crippen molar-refractivity contribution in [1.29, 1.82) is 0 Å². The first-order valence-corrected chi connectivity index (χ1v) is 9.33. The fourth-order valence-electron chi connectivity index (χ4n) is 3.27. The van der Waals surface area contributed by atoms with Crippen LogP contribution in [0.15, 0.2) is 35.1 Å². The number of anilines is 1. The highest BCUT2D eigenvalue weighted by Crippen LogP contribution is 2.29. The van der Waals surface area contributed by atoms with Crippen LogP contribution >= 0.6 is 15.9 Å². The van der Waals surface area contributed by atoms with Crippen LogP contribution in [-0.4, -0.2) is 44.8 Å². The largest absolute Gasteiger partial charge is 0.340 e. The molecule has 1 saturated heterocycles. The molecule has 27 heavy (non-hydrogen) atoms. The third-order valence-corrected chi connectivity index (χ3v) is 5.08. The molecule has 1 aliphatic rings. The molecule has 1 aromatic carbocycles. The van der Waals surface area contributed by atoms with Crippen LogP contribution in [0.5, 0.6) is 0 Å². The minimum atomic E-state index is -0.998. The Kier molecular flexibility index (Phi) is 4.76. The normalized spacial score (nSPS) is 20.0. The first-order valence-electron chi connectivity index (χ1n) is 8.54. The lowest BCUT2D eigenvalue weighted by Crippen LogP contribution is -2.50. The molecule has 9 heteroatoms. The second kappa shape index (κ2) is 7.21. The van der Waals surface area contributed by atoms with E-state index in [2.05, 4.69) is 30.7 Å². The lowest BCUT2D eigenvalue weighted by Gasteiger charge is -2.34. The molecule has 0 spiro atoms. The minimum absolute atomic E-state index is 0.368. The van der Waals surface area contributed by atoms with Gasteiger partial charge in [-0.15, -0.1) is 0 Å². The van der Waals surface area contributed by atoms with Crippen molar-refractivity contribution in [2.45, 2.75) is 25.2 Å². The predicted molar refractivity (Wildman–Crippen MR) is 105 cm³/mol. The van der Waals surface area contributed by atoms with Crippen molar-refractivity contribution >= 4 is 38.6 Å². The summed E-state index contributed by atoms with van der Waals surface area (Å²) >= 11 is 3.34. The van der Waals surface area contributed by atoms with E-state index in [9.17, 15) is 4.39 Å². The number of nitrogens with zero attached hydrogens (tertiary/aromatic N) is 6. The Labute approximate surface area is 164 Å². The highest BCUT2D eigenvalue weighted by atomic mass is 79.9. The number of piperidine rings is 1. The zero-order chi connectivity index (χ0) is 19.0. The number of alkyl halides is 1. The van der Waals surface area contributed by atoms with Crippen LogP contribution in [0.2, 0.25) is 0 Å². The van der Waals surface area contributed by atoms with Gasteiger partial charge in [0.15, 0.2) is 5.69 Å². The molecule has 138 valence electrons. The Bertz CT molecular complexity index is 1010. The topological polar surface area (TPSA) is 77.2 Å². The van der Waals surface area contributed by atoms with Crippen LogP contribution in [-0.2, 0) is 6.54 Å². The van der Waals surface area contributed by atoms with Crippen molar-refractivity contribution in [3.8, 4) is 0 Å². The van der Waals surface area contributed by atoms with E-state index in [0.717, 1.165) is 9.99 Å². The molecular formula is C18H17BrFN7. The molecule has 1 aliphatic heterocycles. The molecule has 4 rings (SSSR count). The average Bonchev–Trinajstić information content (AvgIpc) is 3.03. The molecule has 0 radical (unpaired) electrons.